The first kappa shape index (κ1) is 17.3. The van der Waals surface area contributed by atoms with Crippen LogP contribution in [0.2, 0.25) is 5.02 Å². The number of halogens is 1. The van der Waals surface area contributed by atoms with Crippen molar-refractivity contribution in [2.75, 3.05) is 37.6 Å². The lowest BCUT2D eigenvalue weighted by atomic mass is 10.1. The van der Waals surface area contributed by atoms with Gasteiger partial charge in [0.05, 0.1) is 38.4 Å². The summed E-state index contributed by atoms with van der Waals surface area (Å²) in [5, 5.41) is 5.58. The SMILES string of the molecule is CC[NH+]1CCN(c2cc(C)nc3c(-c4ccc(Cl)cc4)c(C)nn23)CC1. The molecular formula is C20H25ClN5+. The van der Waals surface area contributed by atoms with E-state index in [1.54, 1.807) is 4.90 Å². The maximum Gasteiger partial charge on any atom is 0.165 e. The van der Waals surface area contributed by atoms with Gasteiger partial charge in [0.15, 0.2) is 5.65 Å². The molecule has 0 radical (unpaired) electrons. The highest BCUT2D eigenvalue weighted by Crippen LogP contribution is 2.31. The minimum absolute atomic E-state index is 0.740. The van der Waals surface area contributed by atoms with Gasteiger partial charge in [-0.05, 0) is 38.5 Å². The highest BCUT2D eigenvalue weighted by atomic mass is 35.5. The number of hydrogen-bond acceptors (Lipinski definition) is 3. The summed E-state index contributed by atoms with van der Waals surface area (Å²) in [7, 11) is 0. The molecule has 3 heterocycles. The van der Waals surface area contributed by atoms with E-state index in [4.69, 9.17) is 21.7 Å². The lowest BCUT2D eigenvalue weighted by Gasteiger charge is -2.33. The molecule has 0 bridgehead atoms. The van der Waals surface area contributed by atoms with Crippen LogP contribution in [0.25, 0.3) is 16.8 Å². The van der Waals surface area contributed by atoms with Crippen LogP contribution in [0.1, 0.15) is 18.3 Å². The average molecular weight is 371 g/mol. The van der Waals surface area contributed by atoms with Gasteiger partial charge in [0.1, 0.15) is 5.82 Å². The van der Waals surface area contributed by atoms with E-state index in [0.29, 0.717) is 0 Å². The third-order valence-electron chi connectivity index (χ3n) is 5.30. The van der Waals surface area contributed by atoms with Crippen LogP contribution in [0, 0.1) is 13.8 Å². The van der Waals surface area contributed by atoms with Gasteiger partial charge in [-0.1, -0.05) is 23.7 Å². The minimum Gasteiger partial charge on any atom is -0.345 e. The minimum atomic E-state index is 0.740. The van der Waals surface area contributed by atoms with Crippen molar-refractivity contribution < 1.29 is 4.90 Å². The Labute approximate surface area is 159 Å². The topological polar surface area (TPSA) is 37.9 Å². The maximum absolute atomic E-state index is 6.06. The molecule has 5 nitrogen and oxygen atoms in total. The van der Waals surface area contributed by atoms with Gasteiger partial charge in [-0.15, -0.1) is 0 Å². The van der Waals surface area contributed by atoms with E-state index in [2.05, 4.69) is 31.7 Å². The van der Waals surface area contributed by atoms with Crippen molar-refractivity contribution in [2.45, 2.75) is 20.8 Å². The first-order chi connectivity index (χ1) is 12.6. The molecule has 1 fully saturated rings. The van der Waals surface area contributed by atoms with Crippen LogP contribution in [0.15, 0.2) is 30.3 Å². The molecule has 0 aliphatic carbocycles. The smallest absolute Gasteiger partial charge is 0.165 e. The average Bonchev–Trinajstić information content (AvgIpc) is 2.97. The van der Waals surface area contributed by atoms with E-state index < -0.39 is 0 Å². The van der Waals surface area contributed by atoms with Crippen molar-refractivity contribution in [3.05, 3.63) is 46.7 Å². The molecule has 0 atom stereocenters. The first-order valence-corrected chi connectivity index (χ1v) is 9.66. The van der Waals surface area contributed by atoms with E-state index in [0.717, 1.165) is 52.1 Å². The van der Waals surface area contributed by atoms with Crippen molar-refractivity contribution in [3.8, 4) is 11.1 Å². The van der Waals surface area contributed by atoms with Gasteiger partial charge >= 0.3 is 0 Å². The monoisotopic (exact) mass is 370 g/mol. The number of hydrogen-bond donors (Lipinski definition) is 1. The van der Waals surface area contributed by atoms with Crippen molar-refractivity contribution >= 4 is 23.1 Å². The van der Waals surface area contributed by atoms with Gasteiger partial charge in [0, 0.05) is 22.3 Å². The summed E-state index contributed by atoms with van der Waals surface area (Å²) in [5.74, 6) is 1.14. The summed E-state index contributed by atoms with van der Waals surface area (Å²) in [6.07, 6.45) is 0. The quantitative estimate of drug-likeness (QED) is 0.769. The van der Waals surface area contributed by atoms with Crippen molar-refractivity contribution in [3.63, 3.8) is 0 Å². The zero-order valence-corrected chi connectivity index (χ0v) is 16.3. The van der Waals surface area contributed by atoms with Crippen LogP contribution in [-0.2, 0) is 0 Å². The molecule has 0 amide bonds. The van der Waals surface area contributed by atoms with Crippen LogP contribution in [0.5, 0.6) is 0 Å². The van der Waals surface area contributed by atoms with E-state index in [9.17, 15) is 0 Å². The molecule has 1 saturated heterocycles. The Morgan fingerprint density at radius 1 is 1.12 bits per heavy atom. The Bertz CT molecular complexity index is 924. The van der Waals surface area contributed by atoms with E-state index in [1.807, 2.05) is 28.8 Å². The molecule has 4 rings (SSSR count). The molecule has 2 aromatic heterocycles. The van der Waals surface area contributed by atoms with Gasteiger partial charge in [-0.2, -0.15) is 9.61 Å². The Balaban J connectivity index is 1.81. The molecule has 1 aliphatic rings. The second kappa shape index (κ2) is 6.89. The van der Waals surface area contributed by atoms with E-state index >= 15 is 0 Å². The molecule has 0 saturated carbocycles. The summed E-state index contributed by atoms with van der Waals surface area (Å²) >= 11 is 6.06. The van der Waals surface area contributed by atoms with Crippen molar-refractivity contribution in [2.24, 2.45) is 0 Å². The number of aromatic nitrogens is 3. The van der Waals surface area contributed by atoms with E-state index in [-0.39, 0.29) is 0 Å². The second-order valence-electron chi connectivity index (χ2n) is 7.05. The number of nitrogens with one attached hydrogen (secondary N) is 1. The number of quaternary nitrogens is 1. The zero-order valence-electron chi connectivity index (χ0n) is 15.6. The van der Waals surface area contributed by atoms with Gasteiger partial charge in [-0.25, -0.2) is 4.98 Å². The molecule has 136 valence electrons. The summed E-state index contributed by atoms with van der Waals surface area (Å²) in [6, 6.07) is 10.1. The van der Waals surface area contributed by atoms with Crippen LogP contribution in [0.4, 0.5) is 5.82 Å². The van der Waals surface area contributed by atoms with E-state index in [1.165, 1.54) is 19.6 Å². The molecule has 0 spiro atoms. The third kappa shape index (κ3) is 3.06. The van der Waals surface area contributed by atoms with Crippen LogP contribution >= 0.6 is 11.6 Å². The number of anilines is 1. The lowest BCUT2D eigenvalue weighted by molar-refractivity contribution is -0.898. The third-order valence-corrected chi connectivity index (χ3v) is 5.55. The molecule has 0 unspecified atom stereocenters. The predicted octanol–water partition coefficient (Wildman–Crippen LogP) is 2.39. The number of aryl methyl sites for hydroxylation is 2. The Morgan fingerprint density at radius 2 is 1.81 bits per heavy atom. The normalized spacial score (nSPS) is 15.8. The number of rotatable bonds is 3. The Morgan fingerprint density at radius 3 is 2.46 bits per heavy atom. The van der Waals surface area contributed by atoms with Crippen LogP contribution in [0.3, 0.4) is 0 Å². The van der Waals surface area contributed by atoms with Gasteiger partial charge in [0.2, 0.25) is 0 Å². The van der Waals surface area contributed by atoms with Gasteiger partial charge < -0.3 is 9.80 Å². The molecule has 1 N–H and O–H groups in total. The second-order valence-corrected chi connectivity index (χ2v) is 7.49. The van der Waals surface area contributed by atoms with Crippen molar-refractivity contribution in [1.29, 1.82) is 0 Å². The molecule has 6 heteroatoms. The van der Waals surface area contributed by atoms with Crippen molar-refractivity contribution in [1.82, 2.24) is 14.6 Å². The standard InChI is InChI=1S/C20H24ClN5/c1-4-24-9-11-25(12-10-24)18-13-14(2)22-20-19(15(3)23-26(18)20)16-5-7-17(21)8-6-16/h5-8,13H,4,9-12H2,1-3H3/p+1. The fourth-order valence-corrected chi connectivity index (χ4v) is 3.94. The highest BCUT2D eigenvalue weighted by molar-refractivity contribution is 6.30. The number of piperazine rings is 1. The largest absolute Gasteiger partial charge is 0.345 e. The van der Waals surface area contributed by atoms with Gasteiger partial charge in [0.25, 0.3) is 0 Å². The number of fused-ring (bicyclic) bond motifs is 1. The molecule has 1 aromatic carbocycles. The summed E-state index contributed by atoms with van der Waals surface area (Å²) < 4.78 is 2.02. The number of nitrogens with zero attached hydrogens (tertiary/aromatic N) is 4. The Kier molecular flexibility index (Phi) is 4.59. The van der Waals surface area contributed by atoms with Crippen LogP contribution < -0.4 is 9.80 Å². The Hall–Kier alpha value is -2.11. The summed E-state index contributed by atoms with van der Waals surface area (Å²) in [6.45, 7) is 12.0. The predicted molar refractivity (Wildman–Crippen MR) is 106 cm³/mol. The fourth-order valence-electron chi connectivity index (χ4n) is 3.81. The fraction of sp³-hybridized carbons (Fsp3) is 0.400. The summed E-state index contributed by atoms with van der Waals surface area (Å²) in [5.41, 5.74) is 5.12. The molecule has 3 aromatic rings. The van der Waals surface area contributed by atoms with Crippen LogP contribution in [-0.4, -0.2) is 47.3 Å². The first-order valence-electron chi connectivity index (χ1n) is 9.28. The van der Waals surface area contributed by atoms with Gasteiger partial charge in [-0.3, -0.25) is 0 Å². The maximum atomic E-state index is 6.06. The lowest BCUT2D eigenvalue weighted by Crippen LogP contribution is -3.14. The number of likely N-dealkylation sites (N-methyl/N-ethyl adjacent to an activating group) is 1. The summed E-state index contributed by atoms with van der Waals surface area (Å²) in [4.78, 5) is 8.93. The highest BCUT2D eigenvalue weighted by Gasteiger charge is 2.23. The molecule has 1 aliphatic heterocycles. The number of benzene rings is 1. The molecule has 26 heavy (non-hydrogen) atoms. The zero-order chi connectivity index (χ0) is 18.3. The molecular weight excluding hydrogens is 346 g/mol.